The summed E-state index contributed by atoms with van der Waals surface area (Å²) in [6.07, 6.45) is 3.27. The Morgan fingerprint density at radius 2 is 1.48 bits per heavy atom. The van der Waals surface area contributed by atoms with E-state index >= 15 is 0 Å². The zero-order valence-corrected chi connectivity index (χ0v) is 43.4. The van der Waals surface area contributed by atoms with Crippen molar-refractivity contribution < 1.29 is 24.5 Å². The van der Waals surface area contributed by atoms with Gasteiger partial charge in [0.05, 0.1) is 22.4 Å². The molecule has 0 spiro atoms. The van der Waals surface area contributed by atoms with Gasteiger partial charge in [0.15, 0.2) is 0 Å². The Labute approximate surface area is 390 Å². The average molecular weight is 1070 g/mol. The number of aromatic nitrogens is 4. The molecule has 0 aliphatic rings. The smallest absolute Gasteiger partial charge is 0.216 e. The second-order valence-electron chi connectivity index (χ2n) is 19.3. The van der Waals surface area contributed by atoms with Crippen LogP contribution in [0.3, 0.4) is 0 Å². The van der Waals surface area contributed by atoms with E-state index in [0.29, 0.717) is 29.4 Å². The van der Waals surface area contributed by atoms with Gasteiger partial charge in [0.2, 0.25) is 5.71 Å². The van der Waals surface area contributed by atoms with Crippen LogP contribution in [0.4, 0.5) is 0 Å². The van der Waals surface area contributed by atoms with Crippen LogP contribution in [-0.2, 0) is 26.5 Å². The summed E-state index contributed by atoms with van der Waals surface area (Å²) in [7, 11) is 0. The summed E-state index contributed by atoms with van der Waals surface area (Å²) in [5, 5.41) is 4.60. The first-order valence-electron chi connectivity index (χ1n) is 22.4. The fourth-order valence-corrected chi connectivity index (χ4v) is 12.2. The Morgan fingerprint density at radius 3 is 2.16 bits per heavy atom. The van der Waals surface area contributed by atoms with Crippen LogP contribution in [-0.4, -0.2) is 32.8 Å². The molecule has 1 radical (unpaired) electrons. The van der Waals surface area contributed by atoms with Crippen LogP contribution in [0, 0.1) is 25.0 Å². The summed E-state index contributed by atoms with van der Waals surface area (Å²) in [5.74, 6) is 9.75. The van der Waals surface area contributed by atoms with Crippen LogP contribution in [0.5, 0.6) is 0 Å². The SMILES string of the molecule is CC(C)Cc1cc(-c2[c-]cccc2)nc[c]1[Ge]([CH3])([CH3])[CH3].Cc1ccc2c(c1)nc(-c1[c-]ccc3c1oc1nc(C(C)C)ccc13)n2-c1c(C(C)C)cc2ccccc2c1C(C)C.[Ir]. The van der Waals surface area contributed by atoms with Gasteiger partial charge < -0.3 is 8.98 Å². The third kappa shape index (κ3) is 9.23. The van der Waals surface area contributed by atoms with Gasteiger partial charge in [0, 0.05) is 36.9 Å². The van der Waals surface area contributed by atoms with Gasteiger partial charge >= 0.3 is 126 Å². The quantitative estimate of drug-likeness (QED) is 0.107. The predicted octanol–water partition coefficient (Wildman–Crippen LogP) is 14.9. The van der Waals surface area contributed by atoms with Crippen LogP contribution in [0.2, 0.25) is 17.3 Å². The van der Waals surface area contributed by atoms with Gasteiger partial charge in [0.25, 0.3) is 0 Å². The van der Waals surface area contributed by atoms with Gasteiger partial charge in [-0.3, -0.25) is 4.98 Å². The fourth-order valence-electron chi connectivity index (χ4n) is 8.85. The number of hydrogen-bond acceptors (Lipinski definition) is 4. The molecule has 5 aromatic carbocycles. The fraction of sp³-hybridized carbons (Fsp3) is 0.304. The molecule has 5 nitrogen and oxygen atoms in total. The molecule has 0 saturated carbocycles. The number of rotatable bonds is 9. The Morgan fingerprint density at radius 1 is 0.714 bits per heavy atom. The molecule has 4 heterocycles. The van der Waals surface area contributed by atoms with E-state index in [1.54, 1.807) is 4.40 Å². The number of pyridine rings is 2. The topological polar surface area (TPSA) is 56.7 Å². The molecule has 0 saturated heterocycles. The van der Waals surface area contributed by atoms with E-state index in [9.17, 15) is 0 Å². The van der Waals surface area contributed by atoms with Gasteiger partial charge in [-0.15, -0.1) is 18.2 Å². The summed E-state index contributed by atoms with van der Waals surface area (Å²) < 4.78 is 10.5. The third-order valence-electron chi connectivity index (χ3n) is 11.9. The molecule has 0 amide bonds. The maximum Gasteiger partial charge on any atom is 0.216 e. The summed E-state index contributed by atoms with van der Waals surface area (Å²) in [6.45, 7) is 20.2. The largest absolute Gasteiger partial charge is 0.486 e. The molecular weight excluding hydrogens is 1010 g/mol. The summed E-state index contributed by atoms with van der Waals surface area (Å²) in [6, 6.07) is 43.2. The minimum atomic E-state index is -1.86. The predicted molar refractivity (Wildman–Crippen MR) is 265 cm³/mol. The monoisotopic (exact) mass is 1070 g/mol. The van der Waals surface area contributed by atoms with E-state index in [1.165, 1.54) is 38.7 Å². The van der Waals surface area contributed by atoms with Crippen LogP contribution >= 0.6 is 0 Å². The van der Waals surface area contributed by atoms with Crippen LogP contribution < -0.4 is 4.40 Å². The average Bonchev–Trinajstić information content (AvgIpc) is 3.80. The minimum absolute atomic E-state index is 0. The number of benzene rings is 5. The van der Waals surface area contributed by atoms with E-state index < -0.39 is 13.3 Å². The number of furan rings is 1. The van der Waals surface area contributed by atoms with Gasteiger partial charge in [0.1, 0.15) is 0 Å². The molecule has 63 heavy (non-hydrogen) atoms. The summed E-state index contributed by atoms with van der Waals surface area (Å²) in [5.41, 5.74) is 14.0. The maximum absolute atomic E-state index is 6.57. The van der Waals surface area contributed by atoms with E-state index in [4.69, 9.17) is 19.4 Å². The first-order valence-corrected chi connectivity index (χ1v) is 29.7. The van der Waals surface area contributed by atoms with Crippen molar-refractivity contribution in [3.63, 3.8) is 0 Å². The van der Waals surface area contributed by atoms with E-state index in [1.807, 2.05) is 24.3 Å². The number of aryl methyl sites for hydroxylation is 1. The first-order chi connectivity index (χ1) is 29.6. The van der Waals surface area contributed by atoms with Crippen molar-refractivity contribution in [3.05, 3.63) is 149 Å². The Hall–Kier alpha value is -4.88. The Bertz CT molecular complexity index is 3060. The number of hydrogen-bond donors (Lipinski definition) is 0. The number of nitrogens with zero attached hydrogens (tertiary/aromatic N) is 4. The maximum atomic E-state index is 6.57. The van der Waals surface area contributed by atoms with E-state index in [2.05, 4.69) is 181 Å². The van der Waals surface area contributed by atoms with Crippen LogP contribution in [0.25, 0.3) is 72.2 Å². The second kappa shape index (κ2) is 18.7. The standard InChI is InChI=1S/C38H36N3O.C18H24GeN.Ir/c1-21(2)30-20-25-11-8-9-12-26(25)34(23(5)6)35(30)41-33-18-15-24(7)19-32(33)39-37(41)29-14-10-13-27-28-16-17-31(22(3)4)40-38(28)42-36(27)29;1-14(2)11-16-12-18(15-9-7-6-8-10-15)20-13-17(16)19(3,4)5;/h8-13,15-23H,1-7H3;6-9,12-14H,11H2,1-5H3;/q2*-1;. The van der Waals surface area contributed by atoms with E-state index in [-0.39, 0.29) is 20.1 Å². The van der Waals surface area contributed by atoms with Crippen molar-refractivity contribution in [3.8, 4) is 28.3 Å². The van der Waals surface area contributed by atoms with Crippen molar-refractivity contribution in [2.24, 2.45) is 5.92 Å². The van der Waals surface area contributed by atoms with Crippen LogP contribution in [0.1, 0.15) is 101 Å². The molecule has 0 unspecified atom stereocenters. The molecule has 0 aliphatic carbocycles. The molecule has 9 aromatic rings. The van der Waals surface area contributed by atoms with Crippen molar-refractivity contribution >= 4 is 61.5 Å². The number of fused-ring (bicyclic) bond motifs is 5. The Balaban J connectivity index is 0.000000239. The van der Waals surface area contributed by atoms with Crippen molar-refractivity contribution in [2.45, 2.75) is 104 Å². The molecule has 7 heteroatoms. The first kappa shape index (κ1) is 46.1. The third-order valence-corrected chi connectivity index (χ3v) is 16.2. The molecule has 0 aliphatic heterocycles. The van der Waals surface area contributed by atoms with Crippen molar-refractivity contribution in [2.75, 3.05) is 0 Å². The molecule has 0 N–H and O–H groups in total. The molecule has 0 bridgehead atoms. The Kier molecular flexibility index (Phi) is 13.7. The zero-order chi connectivity index (χ0) is 44.0. The van der Waals surface area contributed by atoms with E-state index in [0.717, 1.165) is 62.1 Å². The molecular formula is C56H60GeIrN4O-2. The van der Waals surface area contributed by atoms with Crippen molar-refractivity contribution in [1.29, 1.82) is 0 Å². The van der Waals surface area contributed by atoms with Gasteiger partial charge in [-0.1, -0.05) is 82.8 Å². The normalized spacial score (nSPS) is 12.0. The van der Waals surface area contributed by atoms with Gasteiger partial charge in [-0.25, -0.2) is 4.98 Å². The van der Waals surface area contributed by atoms with Crippen LogP contribution in [0.15, 0.2) is 114 Å². The molecule has 325 valence electrons. The van der Waals surface area contributed by atoms with Crippen molar-refractivity contribution in [1.82, 2.24) is 19.5 Å². The summed E-state index contributed by atoms with van der Waals surface area (Å²) >= 11 is -1.86. The number of imidazole rings is 1. The minimum Gasteiger partial charge on any atom is -0.486 e. The molecule has 0 atom stereocenters. The van der Waals surface area contributed by atoms with Gasteiger partial charge in [-0.05, 0) is 82.5 Å². The molecule has 0 fully saturated rings. The summed E-state index contributed by atoms with van der Waals surface area (Å²) in [4.78, 5) is 14.9. The zero-order valence-electron chi connectivity index (χ0n) is 38.9. The molecule has 9 rings (SSSR count). The second-order valence-corrected chi connectivity index (χ2v) is 29.9. The van der Waals surface area contributed by atoms with Gasteiger partial charge in [-0.2, -0.15) is 0 Å². The molecule has 4 aromatic heterocycles.